The third-order valence-electron chi connectivity index (χ3n) is 2.90. The monoisotopic (exact) mass is 220 g/mol. The summed E-state index contributed by atoms with van der Waals surface area (Å²) in [5.41, 5.74) is 6.73. The van der Waals surface area contributed by atoms with Gasteiger partial charge in [-0.1, -0.05) is 11.2 Å². The zero-order valence-electron chi connectivity index (χ0n) is 9.08. The Bertz CT molecular complexity index is 360. The molecular weight excluding hydrogens is 204 g/mol. The molecule has 0 unspecified atom stereocenters. The van der Waals surface area contributed by atoms with Crippen molar-refractivity contribution < 1.29 is 5.21 Å². The molecule has 5 nitrogen and oxygen atoms in total. The van der Waals surface area contributed by atoms with E-state index in [1.165, 1.54) is 0 Å². The van der Waals surface area contributed by atoms with Gasteiger partial charge in [-0.05, 0) is 37.6 Å². The summed E-state index contributed by atoms with van der Waals surface area (Å²) in [6.07, 6.45) is 5.81. The van der Waals surface area contributed by atoms with Gasteiger partial charge in [-0.25, -0.2) is 0 Å². The smallest absolute Gasteiger partial charge is 0.161 e. The van der Waals surface area contributed by atoms with Crippen molar-refractivity contribution in [1.82, 2.24) is 9.88 Å². The number of nitrogens with zero attached hydrogens (tertiary/aromatic N) is 3. The molecule has 0 aromatic carbocycles. The van der Waals surface area contributed by atoms with E-state index in [-0.39, 0.29) is 11.9 Å². The van der Waals surface area contributed by atoms with Gasteiger partial charge in [0.2, 0.25) is 0 Å². The fourth-order valence-electron chi connectivity index (χ4n) is 2.16. The average molecular weight is 220 g/mol. The summed E-state index contributed by atoms with van der Waals surface area (Å²) in [6, 6.07) is 3.66. The van der Waals surface area contributed by atoms with Gasteiger partial charge < -0.3 is 10.9 Å². The minimum atomic E-state index is -0.152. The Morgan fingerprint density at radius 1 is 1.50 bits per heavy atom. The number of amidine groups is 1. The molecule has 1 aromatic rings. The van der Waals surface area contributed by atoms with Crippen molar-refractivity contribution in [2.24, 2.45) is 10.9 Å². The predicted molar refractivity (Wildman–Crippen MR) is 61.2 cm³/mol. The van der Waals surface area contributed by atoms with Crippen LogP contribution < -0.4 is 5.73 Å². The van der Waals surface area contributed by atoms with Crippen LogP contribution in [-0.2, 0) is 0 Å². The van der Waals surface area contributed by atoms with Crippen LogP contribution in [0.15, 0.2) is 29.7 Å². The summed E-state index contributed by atoms with van der Waals surface area (Å²) in [7, 11) is 0. The van der Waals surface area contributed by atoms with Crippen LogP contribution in [-0.4, -0.2) is 34.0 Å². The standard InChI is InChI=1S/C11H16N4O/c12-11(14-16)10(15-6-1-2-7-15)9-4-3-5-13-8-9/h3-5,8,10,16H,1-2,6-7H2,(H2,12,14)/t10-/m1/s1. The molecule has 1 aliphatic rings. The summed E-state index contributed by atoms with van der Waals surface area (Å²) in [5, 5.41) is 12.0. The van der Waals surface area contributed by atoms with E-state index in [9.17, 15) is 0 Å². The SMILES string of the molecule is NC(=NO)[C@@H](c1cccnc1)N1CCCC1. The lowest BCUT2D eigenvalue weighted by Gasteiger charge is -2.26. The lowest BCUT2D eigenvalue weighted by molar-refractivity contribution is 0.278. The van der Waals surface area contributed by atoms with Crippen molar-refractivity contribution in [1.29, 1.82) is 0 Å². The van der Waals surface area contributed by atoms with E-state index in [4.69, 9.17) is 10.9 Å². The molecule has 0 spiro atoms. The Kier molecular flexibility index (Phi) is 3.36. The van der Waals surface area contributed by atoms with Crippen LogP contribution in [0.5, 0.6) is 0 Å². The number of pyridine rings is 1. The summed E-state index contributed by atoms with van der Waals surface area (Å²) >= 11 is 0. The quantitative estimate of drug-likeness (QED) is 0.344. The molecule has 1 fully saturated rings. The minimum Gasteiger partial charge on any atom is -0.409 e. The molecule has 0 aliphatic carbocycles. The van der Waals surface area contributed by atoms with Crippen LogP contribution in [0.25, 0.3) is 0 Å². The maximum Gasteiger partial charge on any atom is 0.161 e. The largest absolute Gasteiger partial charge is 0.409 e. The fraction of sp³-hybridized carbons (Fsp3) is 0.455. The van der Waals surface area contributed by atoms with Crippen molar-refractivity contribution in [2.45, 2.75) is 18.9 Å². The highest BCUT2D eigenvalue weighted by Crippen LogP contribution is 2.24. The van der Waals surface area contributed by atoms with Gasteiger partial charge in [0.1, 0.15) is 0 Å². The van der Waals surface area contributed by atoms with Crippen LogP contribution in [0.3, 0.4) is 0 Å². The first-order valence-electron chi connectivity index (χ1n) is 5.44. The molecule has 16 heavy (non-hydrogen) atoms. The summed E-state index contributed by atoms with van der Waals surface area (Å²) in [5.74, 6) is 0.231. The van der Waals surface area contributed by atoms with Crippen molar-refractivity contribution in [3.05, 3.63) is 30.1 Å². The molecule has 86 valence electrons. The molecular formula is C11H16N4O. The van der Waals surface area contributed by atoms with Crippen molar-refractivity contribution in [3.63, 3.8) is 0 Å². The van der Waals surface area contributed by atoms with Gasteiger partial charge in [-0.15, -0.1) is 0 Å². The van der Waals surface area contributed by atoms with E-state index in [0.717, 1.165) is 31.5 Å². The molecule has 1 atom stereocenters. The Morgan fingerprint density at radius 2 is 2.25 bits per heavy atom. The Labute approximate surface area is 94.6 Å². The molecule has 0 saturated carbocycles. The summed E-state index contributed by atoms with van der Waals surface area (Å²) < 4.78 is 0. The van der Waals surface area contributed by atoms with Crippen LogP contribution in [0, 0.1) is 0 Å². The topological polar surface area (TPSA) is 74.7 Å². The number of rotatable bonds is 3. The number of hydrogen-bond acceptors (Lipinski definition) is 4. The van der Waals surface area contributed by atoms with E-state index in [1.54, 1.807) is 12.4 Å². The first-order chi connectivity index (χ1) is 7.83. The van der Waals surface area contributed by atoms with E-state index in [1.807, 2.05) is 12.1 Å². The molecule has 1 saturated heterocycles. The van der Waals surface area contributed by atoms with Gasteiger partial charge >= 0.3 is 0 Å². The second-order valence-corrected chi connectivity index (χ2v) is 3.96. The Balaban J connectivity index is 2.27. The third-order valence-corrected chi connectivity index (χ3v) is 2.90. The van der Waals surface area contributed by atoms with Crippen molar-refractivity contribution in [2.75, 3.05) is 13.1 Å². The fourth-order valence-corrected chi connectivity index (χ4v) is 2.16. The minimum absolute atomic E-state index is 0.152. The van der Waals surface area contributed by atoms with Crippen LogP contribution in [0.1, 0.15) is 24.4 Å². The van der Waals surface area contributed by atoms with Crippen molar-refractivity contribution >= 4 is 5.84 Å². The van der Waals surface area contributed by atoms with Gasteiger partial charge in [0.25, 0.3) is 0 Å². The highest BCUT2D eigenvalue weighted by Gasteiger charge is 2.26. The Hall–Kier alpha value is -1.62. The second kappa shape index (κ2) is 4.94. The van der Waals surface area contributed by atoms with Gasteiger partial charge in [0.05, 0.1) is 6.04 Å². The third kappa shape index (κ3) is 2.14. The highest BCUT2D eigenvalue weighted by atomic mass is 16.4. The lowest BCUT2D eigenvalue weighted by Crippen LogP contribution is -2.36. The van der Waals surface area contributed by atoms with Crippen LogP contribution in [0.2, 0.25) is 0 Å². The first kappa shape index (κ1) is 10.9. The average Bonchev–Trinajstić information content (AvgIpc) is 2.84. The summed E-state index contributed by atoms with van der Waals surface area (Å²) in [6.45, 7) is 1.96. The molecule has 2 rings (SSSR count). The van der Waals surface area contributed by atoms with E-state index < -0.39 is 0 Å². The van der Waals surface area contributed by atoms with Crippen LogP contribution >= 0.6 is 0 Å². The molecule has 0 amide bonds. The zero-order valence-corrected chi connectivity index (χ0v) is 9.08. The molecule has 1 aromatic heterocycles. The number of aromatic nitrogens is 1. The van der Waals surface area contributed by atoms with Crippen LogP contribution in [0.4, 0.5) is 0 Å². The molecule has 0 radical (unpaired) electrons. The molecule has 1 aliphatic heterocycles. The van der Waals surface area contributed by atoms with Gasteiger partial charge in [-0.2, -0.15) is 0 Å². The van der Waals surface area contributed by atoms with E-state index in [2.05, 4.69) is 15.0 Å². The predicted octanol–water partition coefficient (Wildman–Crippen LogP) is 0.965. The van der Waals surface area contributed by atoms with Gasteiger partial charge in [-0.3, -0.25) is 9.88 Å². The second-order valence-electron chi connectivity index (χ2n) is 3.96. The number of oxime groups is 1. The molecule has 2 heterocycles. The number of likely N-dealkylation sites (tertiary alicyclic amines) is 1. The summed E-state index contributed by atoms with van der Waals surface area (Å²) in [4.78, 5) is 6.29. The maximum absolute atomic E-state index is 8.84. The lowest BCUT2D eigenvalue weighted by atomic mass is 10.1. The number of nitrogens with two attached hydrogens (primary N) is 1. The van der Waals surface area contributed by atoms with E-state index in [0.29, 0.717) is 0 Å². The zero-order chi connectivity index (χ0) is 11.4. The molecule has 5 heteroatoms. The van der Waals surface area contributed by atoms with Crippen molar-refractivity contribution in [3.8, 4) is 0 Å². The Morgan fingerprint density at radius 3 is 2.81 bits per heavy atom. The van der Waals surface area contributed by atoms with Gasteiger partial charge in [0.15, 0.2) is 5.84 Å². The molecule has 0 bridgehead atoms. The van der Waals surface area contributed by atoms with E-state index >= 15 is 0 Å². The first-order valence-corrected chi connectivity index (χ1v) is 5.44. The molecule has 3 N–H and O–H groups in total. The normalized spacial score (nSPS) is 19.9. The van der Waals surface area contributed by atoms with Gasteiger partial charge in [0, 0.05) is 12.4 Å². The maximum atomic E-state index is 8.84. The highest BCUT2D eigenvalue weighted by molar-refractivity contribution is 5.86. The number of hydrogen-bond donors (Lipinski definition) is 2.